The summed E-state index contributed by atoms with van der Waals surface area (Å²) in [6.07, 6.45) is 9.07. The minimum atomic E-state index is -2.63. The van der Waals surface area contributed by atoms with E-state index in [1.165, 1.54) is 0 Å². The molecule has 1 saturated heterocycles. The number of hydrogen-bond donors (Lipinski definition) is 4. The van der Waals surface area contributed by atoms with Crippen LogP contribution < -0.4 is 21.4 Å². The Morgan fingerprint density at radius 3 is 2.79 bits per heavy atom. The second-order valence-electron chi connectivity index (χ2n) is 5.96. The van der Waals surface area contributed by atoms with Crippen LogP contribution in [0.2, 0.25) is 0 Å². The van der Waals surface area contributed by atoms with E-state index in [0.717, 1.165) is 0 Å². The van der Waals surface area contributed by atoms with Crippen LogP contribution in [0.1, 0.15) is 0 Å². The van der Waals surface area contributed by atoms with Gasteiger partial charge in [-0.2, -0.15) is 0 Å². The molecule has 1 fully saturated rings. The molecule has 4 aliphatic heterocycles. The fraction of sp³-hybridized carbons (Fsp3) is 0.429. The van der Waals surface area contributed by atoms with E-state index in [1.807, 2.05) is 12.2 Å². The van der Waals surface area contributed by atoms with Crippen LogP contribution in [0.3, 0.4) is 0 Å². The van der Waals surface area contributed by atoms with Crippen molar-refractivity contribution in [2.24, 2.45) is 4.99 Å². The second kappa shape index (κ2) is 5.56. The number of likely N-dealkylation sites (tertiary alicyclic amines) is 1. The van der Waals surface area contributed by atoms with Gasteiger partial charge in [-0.3, -0.25) is 19.7 Å². The van der Waals surface area contributed by atoms with Gasteiger partial charge in [0.2, 0.25) is 0 Å². The minimum Gasteiger partial charge on any atom is -0.366 e. The lowest BCUT2D eigenvalue weighted by Crippen LogP contribution is -2.67. The first-order chi connectivity index (χ1) is 11.5. The molecule has 4 aliphatic rings. The van der Waals surface area contributed by atoms with Crippen molar-refractivity contribution in [1.29, 1.82) is 0 Å². The highest BCUT2D eigenvalue weighted by Crippen LogP contribution is 2.30. The van der Waals surface area contributed by atoms with Gasteiger partial charge in [0.05, 0.1) is 19.3 Å². The summed E-state index contributed by atoms with van der Waals surface area (Å²) in [4.78, 5) is 18.0. The Balaban J connectivity index is 1.39. The topological polar surface area (TPSA) is 84.0 Å². The molecule has 0 radical (unpaired) electrons. The zero-order valence-electron chi connectivity index (χ0n) is 12.6. The van der Waals surface area contributed by atoms with Crippen LogP contribution in [0, 0.1) is 0 Å². The zero-order chi connectivity index (χ0) is 16.7. The number of hydrogen-bond acceptors (Lipinski definition) is 7. The van der Waals surface area contributed by atoms with Crippen LogP contribution in [0.15, 0.2) is 41.4 Å². The Morgan fingerprint density at radius 1 is 1.29 bits per heavy atom. The SMILES string of the molecule is O=C(NC1C=NC=CN1)C1=CNC2C=CC(N3CC(F)(F)C3)NN12. The van der Waals surface area contributed by atoms with E-state index in [9.17, 15) is 13.6 Å². The molecule has 0 saturated carbocycles. The lowest BCUT2D eigenvalue weighted by atomic mass is 10.1. The highest BCUT2D eigenvalue weighted by molar-refractivity contribution is 5.95. The molecule has 3 atom stereocenters. The van der Waals surface area contributed by atoms with Gasteiger partial charge in [-0.1, -0.05) is 6.08 Å². The first kappa shape index (κ1) is 15.1. The molecule has 0 spiro atoms. The molecule has 0 aromatic rings. The van der Waals surface area contributed by atoms with Crippen molar-refractivity contribution in [1.82, 2.24) is 31.3 Å². The van der Waals surface area contributed by atoms with E-state index in [0.29, 0.717) is 5.70 Å². The first-order valence-electron chi connectivity index (χ1n) is 7.59. The van der Waals surface area contributed by atoms with Crippen LogP contribution >= 0.6 is 0 Å². The van der Waals surface area contributed by atoms with Gasteiger partial charge in [-0.15, -0.1) is 0 Å². The smallest absolute Gasteiger partial charge is 0.273 e. The number of aliphatic imine (C=N–C) groups is 1. The Hall–Kier alpha value is -2.46. The standard InChI is InChI=1S/C14H17F2N7O/c15-14(16)7-22(8-14)12-2-1-11-19-5-9(23(11)21-12)13(24)20-10-6-17-3-4-18-10/h1-6,10-12,18-19,21H,7-8H2,(H,20,24). The third kappa shape index (κ3) is 2.74. The number of nitrogens with zero attached hydrogens (tertiary/aromatic N) is 3. The number of carbonyl (C=O) groups is 1. The summed E-state index contributed by atoms with van der Waals surface area (Å²) in [5.41, 5.74) is 3.48. The van der Waals surface area contributed by atoms with Gasteiger partial charge in [0.25, 0.3) is 11.8 Å². The molecule has 0 aromatic carbocycles. The van der Waals surface area contributed by atoms with Crippen molar-refractivity contribution in [2.45, 2.75) is 24.4 Å². The van der Waals surface area contributed by atoms with Crippen molar-refractivity contribution < 1.29 is 13.6 Å². The zero-order valence-corrected chi connectivity index (χ0v) is 12.6. The van der Waals surface area contributed by atoms with Crippen molar-refractivity contribution >= 4 is 12.1 Å². The highest BCUT2D eigenvalue weighted by Gasteiger charge is 2.47. The second-order valence-corrected chi connectivity index (χ2v) is 5.96. The van der Waals surface area contributed by atoms with E-state index in [2.05, 4.69) is 26.4 Å². The predicted molar refractivity (Wildman–Crippen MR) is 82.1 cm³/mol. The summed E-state index contributed by atoms with van der Waals surface area (Å²) in [7, 11) is 0. The summed E-state index contributed by atoms with van der Waals surface area (Å²) < 4.78 is 26.1. The molecule has 4 N–H and O–H groups in total. The molecule has 24 heavy (non-hydrogen) atoms. The van der Waals surface area contributed by atoms with Gasteiger partial charge >= 0.3 is 0 Å². The quantitative estimate of drug-likeness (QED) is 0.495. The summed E-state index contributed by atoms with van der Waals surface area (Å²) in [6, 6.07) is 0. The van der Waals surface area contributed by atoms with Gasteiger partial charge in [-0.05, 0) is 6.08 Å². The number of alkyl halides is 2. The van der Waals surface area contributed by atoms with E-state index in [1.54, 1.807) is 34.7 Å². The van der Waals surface area contributed by atoms with Gasteiger partial charge in [0.1, 0.15) is 18.0 Å². The first-order valence-corrected chi connectivity index (χ1v) is 7.59. The highest BCUT2D eigenvalue weighted by atomic mass is 19.3. The maximum Gasteiger partial charge on any atom is 0.273 e. The molecule has 4 rings (SSSR count). The molecular weight excluding hydrogens is 320 g/mol. The number of carbonyl (C=O) groups excluding carboxylic acids is 1. The summed E-state index contributed by atoms with van der Waals surface area (Å²) >= 11 is 0. The van der Waals surface area contributed by atoms with Crippen molar-refractivity contribution in [3.8, 4) is 0 Å². The van der Waals surface area contributed by atoms with Gasteiger partial charge in [0, 0.05) is 24.8 Å². The Kier molecular flexibility index (Phi) is 3.50. The van der Waals surface area contributed by atoms with Crippen molar-refractivity contribution in [2.75, 3.05) is 13.1 Å². The van der Waals surface area contributed by atoms with E-state index in [4.69, 9.17) is 0 Å². The summed E-state index contributed by atoms with van der Waals surface area (Å²) in [6.45, 7) is -0.581. The molecular formula is C14H17F2N7O. The maximum atomic E-state index is 13.1. The third-order valence-corrected chi connectivity index (χ3v) is 4.13. The molecule has 8 nitrogen and oxygen atoms in total. The monoisotopic (exact) mass is 337 g/mol. The van der Waals surface area contributed by atoms with Crippen molar-refractivity contribution in [3.05, 3.63) is 36.4 Å². The van der Waals surface area contributed by atoms with E-state index >= 15 is 0 Å². The number of amides is 1. The Labute approximate surface area is 136 Å². The average Bonchev–Trinajstić information content (AvgIpc) is 2.96. The number of fused-ring (bicyclic) bond motifs is 1. The number of nitrogens with one attached hydrogen (secondary N) is 4. The predicted octanol–water partition coefficient (Wildman–Crippen LogP) is -1.00. The molecule has 0 bridgehead atoms. The van der Waals surface area contributed by atoms with Crippen LogP contribution in [0.4, 0.5) is 8.78 Å². The van der Waals surface area contributed by atoms with Crippen LogP contribution in [0.5, 0.6) is 0 Å². The molecule has 1 amide bonds. The molecule has 3 unspecified atom stereocenters. The van der Waals surface area contributed by atoms with Crippen LogP contribution in [-0.4, -0.2) is 59.5 Å². The Morgan fingerprint density at radius 2 is 2.08 bits per heavy atom. The normalized spacial score (nSPS) is 33.2. The fourth-order valence-electron chi connectivity index (χ4n) is 2.93. The fourth-order valence-corrected chi connectivity index (χ4v) is 2.93. The third-order valence-electron chi connectivity index (χ3n) is 4.13. The van der Waals surface area contributed by atoms with E-state index in [-0.39, 0.29) is 31.3 Å². The van der Waals surface area contributed by atoms with Gasteiger partial charge < -0.3 is 16.0 Å². The van der Waals surface area contributed by atoms with Crippen LogP contribution in [0.25, 0.3) is 0 Å². The molecule has 4 heterocycles. The minimum absolute atomic E-state index is 0.225. The number of hydrazine groups is 1. The lowest BCUT2D eigenvalue weighted by Gasteiger charge is -2.46. The average molecular weight is 337 g/mol. The molecule has 10 heteroatoms. The van der Waals surface area contributed by atoms with Gasteiger partial charge in [-0.25, -0.2) is 14.2 Å². The summed E-state index contributed by atoms with van der Waals surface area (Å²) in [5.74, 6) is -2.94. The molecule has 0 aromatic heterocycles. The summed E-state index contributed by atoms with van der Waals surface area (Å²) in [5, 5.41) is 10.4. The van der Waals surface area contributed by atoms with Crippen LogP contribution in [-0.2, 0) is 4.79 Å². The Bertz CT molecular complexity index is 652. The van der Waals surface area contributed by atoms with Gasteiger partial charge in [0.15, 0.2) is 0 Å². The number of halogens is 2. The van der Waals surface area contributed by atoms with E-state index < -0.39 is 12.1 Å². The molecule has 128 valence electrons. The number of rotatable bonds is 3. The molecule has 0 aliphatic carbocycles. The van der Waals surface area contributed by atoms with Crippen molar-refractivity contribution in [3.63, 3.8) is 0 Å². The maximum absolute atomic E-state index is 13.1. The lowest BCUT2D eigenvalue weighted by molar-refractivity contribution is -0.152. The largest absolute Gasteiger partial charge is 0.366 e.